The molecule has 2 atom stereocenters. The van der Waals surface area contributed by atoms with Crippen molar-refractivity contribution in [3.63, 3.8) is 0 Å². The Morgan fingerprint density at radius 3 is 2.48 bits per heavy atom. The number of ether oxygens (including phenoxy) is 2. The quantitative estimate of drug-likeness (QED) is 0.399. The number of carbonyl (C=O) groups excluding carboxylic acids is 1. The van der Waals surface area contributed by atoms with Crippen LogP contribution in [0.15, 0.2) is 23.8 Å². The summed E-state index contributed by atoms with van der Waals surface area (Å²) in [7, 11) is 1.81. The Balaban J connectivity index is 2.60. The first-order valence-corrected chi connectivity index (χ1v) is 8.14. The molecular weight excluding hydrogens is 264 g/mol. The lowest BCUT2D eigenvalue weighted by Gasteiger charge is -2.32. The molecule has 0 bridgehead atoms. The Labute approximate surface area is 129 Å². The van der Waals surface area contributed by atoms with E-state index in [1.165, 1.54) is 38.2 Å². The van der Waals surface area contributed by atoms with Gasteiger partial charge in [-0.25, -0.2) is 4.79 Å². The third-order valence-corrected chi connectivity index (χ3v) is 4.20. The third kappa shape index (κ3) is 6.47. The van der Waals surface area contributed by atoms with Crippen molar-refractivity contribution in [3.05, 3.63) is 23.8 Å². The standard InChI is InChI=1S/C18H30O3/c1-5-21-17(19)12-11-14(2)13-15(3)18(20-4)16-9-7-6-8-10-16/h11-13,15-16,18H,5-10H2,1-4H3/b12-11+,14-13+. The monoisotopic (exact) mass is 294 g/mol. The van der Waals surface area contributed by atoms with Crippen LogP contribution in [0, 0.1) is 11.8 Å². The predicted molar refractivity (Wildman–Crippen MR) is 86.1 cm³/mol. The molecule has 1 aliphatic carbocycles. The van der Waals surface area contributed by atoms with E-state index in [9.17, 15) is 4.79 Å². The maximum atomic E-state index is 11.3. The fraction of sp³-hybridized carbons (Fsp3) is 0.722. The number of methoxy groups -OCH3 is 1. The van der Waals surface area contributed by atoms with Crippen molar-refractivity contribution >= 4 is 5.97 Å². The number of carbonyl (C=O) groups is 1. The Morgan fingerprint density at radius 2 is 1.90 bits per heavy atom. The summed E-state index contributed by atoms with van der Waals surface area (Å²) in [5, 5.41) is 0. The fourth-order valence-corrected chi connectivity index (χ4v) is 3.25. The van der Waals surface area contributed by atoms with Crippen molar-refractivity contribution in [1.29, 1.82) is 0 Å². The van der Waals surface area contributed by atoms with Crippen LogP contribution in [0.25, 0.3) is 0 Å². The molecule has 0 aromatic rings. The van der Waals surface area contributed by atoms with E-state index < -0.39 is 0 Å². The summed E-state index contributed by atoms with van der Waals surface area (Å²) in [6.45, 7) is 6.43. The second-order valence-electron chi connectivity index (χ2n) is 5.95. The SMILES string of the molecule is CCOC(=O)/C=C/C(C)=C/C(C)C(OC)C1CCCCC1. The number of rotatable bonds is 7. The molecule has 1 aliphatic rings. The minimum atomic E-state index is -0.284. The van der Waals surface area contributed by atoms with Crippen LogP contribution in [-0.4, -0.2) is 25.8 Å². The van der Waals surface area contributed by atoms with Crippen LogP contribution in [0.1, 0.15) is 52.9 Å². The van der Waals surface area contributed by atoms with Crippen molar-refractivity contribution in [2.24, 2.45) is 11.8 Å². The first-order valence-electron chi connectivity index (χ1n) is 8.14. The van der Waals surface area contributed by atoms with Gasteiger partial charge in [-0.05, 0) is 32.6 Å². The fourth-order valence-electron chi connectivity index (χ4n) is 3.25. The van der Waals surface area contributed by atoms with Gasteiger partial charge in [0.1, 0.15) is 0 Å². The molecule has 0 aromatic heterocycles. The number of esters is 1. The number of allylic oxidation sites excluding steroid dienone is 2. The van der Waals surface area contributed by atoms with E-state index in [0.717, 1.165) is 5.57 Å². The van der Waals surface area contributed by atoms with Crippen LogP contribution in [0.2, 0.25) is 0 Å². The molecule has 0 radical (unpaired) electrons. The molecule has 120 valence electrons. The van der Waals surface area contributed by atoms with Crippen molar-refractivity contribution < 1.29 is 14.3 Å². The normalized spacial score (nSPS) is 20.5. The van der Waals surface area contributed by atoms with Gasteiger partial charge < -0.3 is 9.47 Å². The van der Waals surface area contributed by atoms with Gasteiger partial charge in [-0.3, -0.25) is 0 Å². The Kier molecular flexibility index (Phi) is 8.36. The highest BCUT2D eigenvalue weighted by molar-refractivity contribution is 5.82. The van der Waals surface area contributed by atoms with Crippen LogP contribution >= 0.6 is 0 Å². The molecule has 3 nitrogen and oxygen atoms in total. The Morgan fingerprint density at radius 1 is 1.24 bits per heavy atom. The lowest BCUT2D eigenvalue weighted by Crippen LogP contribution is -2.30. The summed E-state index contributed by atoms with van der Waals surface area (Å²) >= 11 is 0. The summed E-state index contributed by atoms with van der Waals surface area (Å²) in [5.41, 5.74) is 1.08. The van der Waals surface area contributed by atoms with Crippen LogP contribution in [-0.2, 0) is 14.3 Å². The molecule has 1 saturated carbocycles. The molecule has 1 rings (SSSR count). The lowest BCUT2D eigenvalue weighted by atomic mass is 9.80. The first-order chi connectivity index (χ1) is 10.1. The Bertz CT molecular complexity index is 365. The van der Waals surface area contributed by atoms with Crippen LogP contribution in [0.4, 0.5) is 0 Å². The molecule has 0 aliphatic heterocycles. The molecule has 0 amide bonds. The molecule has 1 fully saturated rings. The molecule has 2 unspecified atom stereocenters. The van der Waals surface area contributed by atoms with Gasteiger partial charge in [-0.2, -0.15) is 0 Å². The van der Waals surface area contributed by atoms with Gasteiger partial charge in [0.05, 0.1) is 12.7 Å². The topological polar surface area (TPSA) is 35.5 Å². The number of hydrogen-bond donors (Lipinski definition) is 0. The smallest absolute Gasteiger partial charge is 0.330 e. The minimum Gasteiger partial charge on any atom is -0.463 e. The van der Waals surface area contributed by atoms with E-state index in [4.69, 9.17) is 9.47 Å². The summed E-state index contributed by atoms with van der Waals surface area (Å²) < 4.78 is 10.6. The Hall–Kier alpha value is -1.09. The van der Waals surface area contributed by atoms with Gasteiger partial charge in [-0.1, -0.05) is 43.9 Å². The summed E-state index contributed by atoms with van der Waals surface area (Å²) in [5.74, 6) is 0.732. The van der Waals surface area contributed by atoms with Gasteiger partial charge in [0.2, 0.25) is 0 Å². The molecule has 0 aromatic carbocycles. The lowest BCUT2D eigenvalue weighted by molar-refractivity contribution is -0.137. The zero-order valence-electron chi connectivity index (χ0n) is 13.9. The van der Waals surface area contributed by atoms with Crippen LogP contribution < -0.4 is 0 Å². The van der Waals surface area contributed by atoms with Crippen LogP contribution in [0.5, 0.6) is 0 Å². The molecule has 0 spiro atoms. The van der Waals surface area contributed by atoms with E-state index in [2.05, 4.69) is 13.0 Å². The van der Waals surface area contributed by atoms with Gasteiger partial charge in [0.15, 0.2) is 0 Å². The maximum absolute atomic E-state index is 11.3. The highest BCUT2D eigenvalue weighted by Crippen LogP contribution is 2.31. The minimum absolute atomic E-state index is 0.274. The molecule has 0 heterocycles. The summed E-state index contributed by atoms with van der Waals surface area (Å²) in [6, 6.07) is 0. The zero-order chi connectivity index (χ0) is 15.7. The van der Waals surface area contributed by atoms with Crippen LogP contribution in [0.3, 0.4) is 0 Å². The second-order valence-corrected chi connectivity index (χ2v) is 5.95. The molecule has 3 heteroatoms. The zero-order valence-corrected chi connectivity index (χ0v) is 13.9. The second kappa shape index (κ2) is 9.78. The van der Waals surface area contributed by atoms with E-state index in [0.29, 0.717) is 18.4 Å². The van der Waals surface area contributed by atoms with Crippen molar-refractivity contribution in [1.82, 2.24) is 0 Å². The van der Waals surface area contributed by atoms with Crippen molar-refractivity contribution in [3.8, 4) is 0 Å². The van der Waals surface area contributed by atoms with E-state index in [1.54, 1.807) is 0 Å². The van der Waals surface area contributed by atoms with E-state index in [1.807, 2.05) is 27.0 Å². The average Bonchev–Trinajstić information content (AvgIpc) is 2.47. The largest absolute Gasteiger partial charge is 0.463 e. The van der Waals surface area contributed by atoms with Crippen molar-refractivity contribution in [2.75, 3.05) is 13.7 Å². The highest BCUT2D eigenvalue weighted by Gasteiger charge is 2.26. The van der Waals surface area contributed by atoms with Gasteiger partial charge in [0, 0.05) is 19.1 Å². The van der Waals surface area contributed by atoms with E-state index >= 15 is 0 Å². The van der Waals surface area contributed by atoms with Gasteiger partial charge in [0.25, 0.3) is 0 Å². The summed E-state index contributed by atoms with van der Waals surface area (Å²) in [4.78, 5) is 11.3. The van der Waals surface area contributed by atoms with Gasteiger partial charge in [-0.15, -0.1) is 0 Å². The third-order valence-electron chi connectivity index (χ3n) is 4.20. The van der Waals surface area contributed by atoms with E-state index in [-0.39, 0.29) is 12.1 Å². The molecule has 0 N–H and O–H groups in total. The maximum Gasteiger partial charge on any atom is 0.330 e. The molecule has 21 heavy (non-hydrogen) atoms. The molecular formula is C18H30O3. The summed E-state index contributed by atoms with van der Waals surface area (Å²) in [6.07, 6.45) is 12.3. The number of hydrogen-bond acceptors (Lipinski definition) is 3. The molecule has 0 saturated heterocycles. The van der Waals surface area contributed by atoms with Crippen molar-refractivity contribution in [2.45, 2.75) is 59.0 Å². The first kappa shape index (κ1) is 18.0. The van der Waals surface area contributed by atoms with Gasteiger partial charge >= 0.3 is 5.97 Å². The average molecular weight is 294 g/mol. The highest BCUT2D eigenvalue weighted by atomic mass is 16.5. The predicted octanol–water partition coefficient (Wildman–Crippen LogP) is 4.28.